The summed E-state index contributed by atoms with van der Waals surface area (Å²) < 4.78 is 40.2. The number of carbonyl (C=O) groups excluding carboxylic acids is 3. The van der Waals surface area contributed by atoms with E-state index in [4.69, 9.17) is 18.9 Å². The first kappa shape index (κ1) is 37.6. The molecule has 16 heteroatoms. The van der Waals surface area contributed by atoms with E-state index in [0.717, 1.165) is 5.69 Å². The number of ether oxygens (including phenoxy) is 4. The van der Waals surface area contributed by atoms with Crippen molar-refractivity contribution < 1.29 is 37.7 Å². The Morgan fingerprint density at radius 2 is 1.60 bits per heavy atom. The summed E-state index contributed by atoms with van der Waals surface area (Å²) in [5.74, 6) is 0.862. The van der Waals surface area contributed by atoms with Gasteiger partial charge in [-0.3, -0.25) is 14.4 Å². The van der Waals surface area contributed by atoms with Crippen molar-refractivity contribution in [1.29, 1.82) is 0 Å². The van der Waals surface area contributed by atoms with Crippen molar-refractivity contribution in [2.75, 3.05) is 50.1 Å². The summed E-state index contributed by atoms with van der Waals surface area (Å²) in [4.78, 5) is 53.1. The zero-order chi connectivity index (χ0) is 39.2. The lowest BCUT2D eigenvalue weighted by atomic mass is 10.0. The van der Waals surface area contributed by atoms with E-state index in [0.29, 0.717) is 66.9 Å². The molecule has 15 nitrogen and oxygen atoms in total. The van der Waals surface area contributed by atoms with Gasteiger partial charge in [-0.15, -0.1) is 0 Å². The molecule has 1 fully saturated rings. The van der Waals surface area contributed by atoms with Crippen LogP contribution in [0.1, 0.15) is 60.1 Å². The van der Waals surface area contributed by atoms with Gasteiger partial charge in [0.05, 0.1) is 13.7 Å². The lowest BCUT2D eigenvalue weighted by Gasteiger charge is -2.38. The van der Waals surface area contributed by atoms with E-state index in [-0.39, 0.29) is 60.6 Å². The van der Waals surface area contributed by atoms with Gasteiger partial charge in [-0.05, 0) is 78.0 Å². The third-order valence-corrected chi connectivity index (χ3v) is 9.60. The minimum absolute atomic E-state index is 0.0182. The van der Waals surface area contributed by atoms with Crippen molar-refractivity contribution in [2.45, 2.75) is 84.6 Å². The number of likely N-dealkylation sites (tertiary alicyclic amines) is 1. The van der Waals surface area contributed by atoms with Crippen LogP contribution in [0, 0.1) is 5.82 Å². The van der Waals surface area contributed by atoms with Crippen LogP contribution in [0.25, 0.3) is 21.9 Å². The summed E-state index contributed by atoms with van der Waals surface area (Å²) in [6.45, 7) is 13.0. The topological polar surface area (TPSA) is 153 Å². The quantitative estimate of drug-likeness (QED) is 0.244. The van der Waals surface area contributed by atoms with E-state index in [2.05, 4.69) is 20.4 Å². The van der Waals surface area contributed by atoms with Crippen molar-refractivity contribution in [1.82, 2.24) is 29.5 Å². The summed E-state index contributed by atoms with van der Waals surface area (Å²) >= 11 is 0. The second kappa shape index (κ2) is 14.5. The van der Waals surface area contributed by atoms with Crippen molar-refractivity contribution in [3.05, 3.63) is 48.2 Å². The fraction of sp³-hybridized carbons (Fsp3) is 0.487. The molecule has 6 heterocycles. The number of methoxy groups -OCH3 is 1. The Bertz CT molecular complexity index is 2130. The van der Waals surface area contributed by atoms with Crippen LogP contribution >= 0.6 is 0 Å². The molecule has 0 saturated carbocycles. The maximum Gasteiger partial charge on any atom is 0.415 e. The number of nitrogens with one attached hydrogen (secondary N) is 1. The SMILES string of the molecule is COc1c(-c2cc3cc(Nc4cc5n(n4)CC(=O)N(C4CCN(C(=O)OC(C)(C)C)CC4)CC5)ncc3cc2F)cnc2c1N(C(=O)OC(C)(C)C)CCO2. The Labute approximate surface area is 318 Å². The van der Waals surface area contributed by atoms with Crippen LogP contribution in [0.15, 0.2) is 36.7 Å². The van der Waals surface area contributed by atoms with Gasteiger partial charge >= 0.3 is 12.2 Å². The van der Waals surface area contributed by atoms with E-state index in [1.165, 1.54) is 24.3 Å². The molecule has 0 bridgehead atoms. The van der Waals surface area contributed by atoms with E-state index in [1.807, 2.05) is 31.7 Å². The first-order valence-electron chi connectivity index (χ1n) is 18.5. The second-order valence-electron chi connectivity index (χ2n) is 15.9. The molecule has 0 unspecified atom stereocenters. The Hall–Kier alpha value is -5.67. The number of halogens is 1. The van der Waals surface area contributed by atoms with Crippen LogP contribution in [0.3, 0.4) is 0 Å². The Kier molecular flexibility index (Phi) is 9.94. The molecule has 55 heavy (non-hydrogen) atoms. The Balaban J connectivity index is 1.07. The molecule has 3 aliphatic heterocycles. The number of fused-ring (bicyclic) bond motifs is 3. The van der Waals surface area contributed by atoms with Crippen LogP contribution in [-0.2, 0) is 27.2 Å². The number of amides is 3. The summed E-state index contributed by atoms with van der Waals surface area (Å²) in [7, 11) is 1.45. The van der Waals surface area contributed by atoms with Crippen molar-refractivity contribution in [2.24, 2.45) is 0 Å². The number of anilines is 3. The number of hydrogen-bond donors (Lipinski definition) is 1. The van der Waals surface area contributed by atoms with Crippen LogP contribution in [0.2, 0.25) is 0 Å². The minimum atomic E-state index is -0.739. The van der Waals surface area contributed by atoms with E-state index >= 15 is 4.39 Å². The summed E-state index contributed by atoms with van der Waals surface area (Å²) in [5, 5.41) is 9.17. The van der Waals surface area contributed by atoms with Gasteiger partial charge in [-0.25, -0.2) is 23.9 Å². The molecule has 0 radical (unpaired) electrons. The maximum atomic E-state index is 15.8. The second-order valence-corrected chi connectivity index (χ2v) is 15.9. The highest BCUT2D eigenvalue weighted by Crippen LogP contribution is 2.46. The fourth-order valence-corrected chi connectivity index (χ4v) is 7.13. The predicted octanol–water partition coefficient (Wildman–Crippen LogP) is 6.30. The highest BCUT2D eigenvalue weighted by Gasteiger charge is 2.35. The Morgan fingerprint density at radius 3 is 2.31 bits per heavy atom. The smallest absolute Gasteiger partial charge is 0.415 e. The van der Waals surface area contributed by atoms with Crippen LogP contribution in [0.5, 0.6) is 11.6 Å². The molecular weight excluding hydrogens is 711 g/mol. The van der Waals surface area contributed by atoms with Gasteiger partial charge < -0.3 is 34.1 Å². The fourth-order valence-electron chi connectivity index (χ4n) is 7.13. The van der Waals surface area contributed by atoms with Crippen LogP contribution in [0.4, 0.5) is 31.3 Å². The monoisotopic (exact) mass is 758 g/mol. The van der Waals surface area contributed by atoms with E-state index in [1.54, 1.807) is 48.7 Å². The molecule has 1 aromatic carbocycles. The zero-order valence-electron chi connectivity index (χ0n) is 32.3. The lowest BCUT2D eigenvalue weighted by Crippen LogP contribution is -2.50. The molecule has 3 aromatic heterocycles. The average molecular weight is 759 g/mol. The minimum Gasteiger partial charge on any atom is -0.494 e. The standard InChI is InChI=1S/C39H47FN8O7/c1-38(2,3)54-36(50)45-11-8-25(9-12-45)46-13-10-26-19-31(44-48(26)22-32(46)49)43-30-18-23-16-27(29(40)17-24(23)20-41-30)28-21-42-35-33(34(28)52-7)47(14-15-53-35)37(51)55-39(4,5)6/h16-21,25H,8-15,22H2,1-7H3,(H,41,43,44). The number of benzene rings is 1. The van der Waals surface area contributed by atoms with E-state index in [9.17, 15) is 14.4 Å². The van der Waals surface area contributed by atoms with Crippen molar-refractivity contribution >= 4 is 46.2 Å². The lowest BCUT2D eigenvalue weighted by molar-refractivity contribution is -0.134. The largest absolute Gasteiger partial charge is 0.494 e. The molecule has 7 rings (SSSR count). The molecule has 0 aliphatic carbocycles. The molecule has 3 amide bonds. The molecular formula is C39H47FN8O7. The summed E-state index contributed by atoms with van der Waals surface area (Å²) in [6, 6.07) is 6.80. The van der Waals surface area contributed by atoms with Crippen molar-refractivity contribution in [3.63, 3.8) is 0 Å². The van der Waals surface area contributed by atoms with Gasteiger partial charge in [-0.2, -0.15) is 5.10 Å². The average Bonchev–Trinajstić information content (AvgIpc) is 3.42. The van der Waals surface area contributed by atoms with Crippen LogP contribution in [-0.4, -0.2) is 105 Å². The number of piperidine rings is 1. The first-order chi connectivity index (χ1) is 26.1. The zero-order valence-corrected chi connectivity index (χ0v) is 32.3. The van der Waals surface area contributed by atoms with Gasteiger partial charge in [0, 0.05) is 72.8 Å². The first-order valence-corrected chi connectivity index (χ1v) is 18.5. The molecule has 1 N–H and O–H groups in total. The number of carbonyl (C=O) groups is 3. The summed E-state index contributed by atoms with van der Waals surface area (Å²) in [6.07, 6.45) is 4.12. The molecule has 4 aromatic rings. The Morgan fingerprint density at radius 1 is 0.873 bits per heavy atom. The van der Waals surface area contributed by atoms with Gasteiger partial charge in [-0.1, -0.05) is 0 Å². The van der Waals surface area contributed by atoms with Gasteiger partial charge in [0.2, 0.25) is 11.8 Å². The highest BCUT2D eigenvalue weighted by atomic mass is 19.1. The number of rotatable bonds is 5. The highest BCUT2D eigenvalue weighted by molar-refractivity contribution is 5.96. The molecule has 292 valence electrons. The molecule has 0 spiro atoms. The normalized spacial score (nSPS) is 16.6. The third-order valence-electron chi connectivity index (χ3n) is 9.60. The molecule has 3 aliphatic rings. The van der Waals surface area contributed by atoms with Gasteiger partial charge in [0.15, 0.2) is 17.3 Å². The summed E-state index contributed by atoms with van der Waals surface area (Å²) in [5.41, 5.74) is 0.414. The maximum absolute atomic E-state index is 15.8. The molecule has 1 saturated heterocycles. The predicted molar refractivity (Wildman–Crippen MR) is 202 cm³/mol. The molecule has 0 atom stereocenters. The number of hydrogen-bond acceptors (Lipinski definition) is 11. The number of nitrogens with zero attached hydrogens (tertiary/aromatic N) is 7. The van der Waals surface area contributed by atoms with E-state index < -0.39 is 23.1 Å². The third kappa shape index (κ3) is 8.08. The number of pyridine rings is 2. The van der Waals surface area contributed by atoms with Gasteiger partial charge in [0.1, 0.15) is 36.0 Å². The van der Waals surface area contributed by atoms with Crippen LogP contribution < -0.4 is 19.7 Å². The van der Waals surface area contributed by atoms with Gasteiger partial charge in [0.25, 0.3) is 0 Å². The number of aromatic nitrogens is 4. The van der Waals surface area contributed by atoms with Crippen molar-refractivity contribution in [3.8, 4) is 22.8 Å².